The average molecular weight is 400 g/mol. The highest BCUT2D eigenvalue weighted by atomic mass is 16.1. The number of anilines is 4. The van der Waals surface area contributed by atoms with Crippen LogP contribution in [-0.4, -0.2) is 32.9 Å². The molecule has 0 aliphatic carbocycles. The maximum Gasteiger partial charge on any atom is 0.251 e. The lowest BCUT2D eigenvalue weighted by atomic mass is 10.1. The summed E-state index contributed by atoms with van der Waals surface area (Å²) < 4.78 is 0. The Kier molecular flexibility index (Phi) is 5.33. The molecule has 4 aromatic rings. The Morgan fingerprint density at radius 1 is 1.03 bits per heavy atom. The second-order valence-corrected chi connectivity index (χ2v) is 6.51. The molecule has 9 heteroatoms. The molecule has 5 N–H and O–H groups in total. The number of benzene rings is 1. The monoisotopic (exact) mass is 400 g/mol. The molecule has 3 heterocycles. The van der Waals surface area contributed by atoms with Crippen LogP contribution in [-0.2, 0) is 6.54 Å². The van der Waals surface area contributed by atoms with Gasteiger partial charge in [-0.3, -0.25) is 9.78 Å². The van der Waals surface area contributed by atoms with Crippen molar-refractivity contribution in [2.24, 2.45) is 0 Å². The van der Waals surface area contributed by atoms with Crippen molar-refractivity contribution in [3.63, 3.8) is 0 Å². The number of nitrogens with one attached hydrogen (secondary N) is 3. The summed E-state index contributed by atoms with van der Waals surface area (Å²) in [6, 6.07) is 13.2. The Balaban J connectivity index is 1.49. The van der Waals surface area contributed by atoms with Gasteiger partial charge in [0.1, 0.15) is 5.82 Å². The first kappa shape index (κ1) is 19.1. The Morgan fingerprint density at radius 2 is 1.93 bits per heavy atom. The molecule has 0 fully saturated rings. The molecule has 4 rings (SSSR count). The van der Waals surface area contributed by atoms with Crippen LogP contribution >= 0.6 is 0 Å². The van der Waals surface area contributed by atoms with Crippen LogP contribution in [0.5, 0.6) is 0 Å². The van der Waals surface area contributed by atoms with Gasteiger partial charge in [0.2, 0.25) is 0 Å². The van der Waals surface area contributed by atoms with Crippen LogP contribution in [0.4, 0.5) is 23.3 Å². The Labute approximate surface area is 172 Å². The zero-order valence-electron chi connectivity index (χ0n) is 16.3. The summed E-state index contributed by atoms with van der Waals surface area (Å²) in [7, 11) is 1.57. The largest absolute Gasteiger partial charge is 0.381 e. The first-order valence-corrected chi connectivity index (χ1v) is 9.27. The summed E-state index contributed by atoms with van der Waals surface area (Å²) in [5.74, 6) is 1.47. The molecule has 0 radical (unpaired) electrons. The molecule has 0 saturated carbocycles. The number of carbonyl (C=O) groups is 1. The van der Waals surface area contributed by atoms with Crippen LogP contribution in [0.25, 0.3) is 10.9 Å². The molecular weight excluding hydrogens is 380 g/mol. The second kappa shape index (κ2) is 8.39. The molecule has 0 aliphatic rings. The fourth-order valence-corrected chi connectivity index (χ4v) is 2.93. The number of rotatable bonds is 6. The van der Waals surface area contributed by atoms with Crippen molar-refractivity contribution in [1.29, 1.82) is 0 Å². The van der Waals surface area contributed by atoms with Gasteiger partial charge in [-0.2, -0.15) is 0 Å². The lowest BCUT2D eigenvalue weighted by Gasteiger charge is -2.11. The fourth-order valence-electron chi connectivity index (χ4n) is 2.93. The average Bonchev–Trinajstić information content (AvgIpc) is 2.79. The number of nitrogens with two attached hydrogens (primary N) is 1. The van der Waals surface area contributed by atoms with Gasteiger partial charge in [-0.15, -0.1) is 0 Å². The van der Waals surface area contributed by atoms with Crippen LogP contribution in [0.2, 0.25) is 0 Å². The summed E-state index contributed by atoms with van der Waals surface area (Å²) in [6.07, 6.45) is 4.83. The van der Waals surface area contributed by atoms with E-state index in [2.05, 4.69) is 42.0 Å². The van der Waals surface area contributed by atoms with Crippen molar-refractivity contribution >= 4 is 40.1 Å². The van der Waals surface area contributed by atoms with E-state index in [1.54, 1.807) is 31.6 Å². The van der Waals surface area contributed by atoms with Gasteiger partial charge in [0.25, 0.3) is 5.91 Å². The summed E-state index contributed by atoms with van der Waals surface area (Å²) in [5.41, 5.74) is 8.47. The quantitative estimate of drug-likeness (QED) is 0.389. The summed E-state index contributed by atoms with van der Waals surface area (Å²) in [4.78, 5) is 29.0. The van der Waals surface area contributed by atoms with E-state index in [1.807, 2.05) is 24.3 Å². The van der Waals surface area contributed by atoms with Gasteiger partial charge in [0, 0.05) is 36.9 Å². The van der Waals surface area contributed by atoms with Crippen LogP contribution in [0.1, 0.15) is 15.9 Å². The highest BCUT2D eigenvalue weighted by Gasteiger charge is 2.08. The van der Waals surface area contributed by atoms with Gasteiger partial charge >= 0.3 is 0 Å². The molecule has 0 aliphatic heterocycles. The summed E-state index contributed by atoms with van der Waals surface area (Å²) in [5, 5.41) is 9.90. The van der Waals surface area contributed by atoms with Crippen molar-refractivity contribution in [1.82, 2.24) is 25.3 Å². The molecule has 0 spiro atoms. The predicted molar refractivity (Wildman–Crippen MR) is 116 cm³/mol. The molecular formula is C21H20N8O. The molecule has 1 amide bonds. The highest BCUT2D eigenvalue weighted by molar-refractivity contribution is 5.94. The third-order valence-corrected chi connectivity index (χ3v) is 4.43. The minimum atomic E-state index is -0.197. The van der Waals surface area contributed by atoms with Gasteiger partial charge in [-0.25, -0.2) is 15.0 Å². The smallest absolute Gasteiger partial charge is 0.251 e. The van der Waals surface area contributed by atoms with Gasteiger partial charge in [0.05, 0.1) is 11.7 Å². The fraction of sp³-hybridized carbons (Fsp3) is 0.0952. The van der Waals surface area contributed by atoms with Crippen molar-refractivity contribution in [2.45, 2.75) is 6.54 Å². The molecule has 1 aromatic carbocycles. The van der Waals surface area contributed by atoms with Crippen molar-refractivity contribution in [3.8, 4) is 0 Å². The van der Waals surface area contributed by atoms with Crippen molar-refractivity contribution in [3.05, 3.63) is 72.2 Å². The number of hydrogen-bond acceptors (Lipinski definition) is 8. The third-order valence-electron chi connectivity index (χ3n) is 4.43. The number of nitrogen functional groups attached to an aromatic ring is 1. The first-order valence-electron chi connectivity index (χ1n) is 9.27. The Hall–Kier alpha value is -4.27. The zero-order chi connectivity index (χ0) is 20.9. The van der Waals surface area contributed by atoms with E-state index in [9.17, 15) is 4.79 Å². The lowest BCUT2D eigenvalue weighted by molar-refractivity contribution is 0.0963. The molecule has 3 aromatic heterocycles. The highest BCUT2D eigenvalue weighted by Crippen LogP contribution is 2.20. The molecule has 150 valence electrons. The maximum atomic E-state index is 11.8. The third kappa shape index (κ3) is 4.25. The number of nitrogens with zero attached hydrogens (tertiary/aromatic N) is 4. The molecule has 0 saturated heterocycles. The Bertz CT molecular complexity index is 1210. The number of carbonyl (C=O) groups excluding carboxylic acids is 1. The molecule has 9 nitrogen and oxygen atoms in total. The zero-order valence-corrected chi connectivity index (χ0v) is 16.3. The van der Waals surface area contributed by atoms with E-state index >= 15 is 0 Å². The van der Waals surface area contributed by atoms with E-state index in [0.29, 0.717) is 29.6 Å². The van der Waals surface area contributed by atoms with Crippen LogP contribution in [0.3, 0.4) is 0 Å². The van der Waals surface area contributed by atoms with E-state index in [-0.39, 0.29) is 11.7 Å². The Morgan fingerprint density at radius 3 is 2.80 bits per heavy atom. The van der Waals surface area contributed by atoms with Gasteiger partial charge < -0.3 is 21.7 Å². The summed E-state index contributed by atoms with van der Waals surface area (Å²) >= 11 is 0. The van der Waals surface area contributed by atoms with Gasteiger partial charge in [-0.1, -0.05) is 12.1 Å². The normalized spacial score (nSPS) is 10.6. The van der Waals surface area contributed by atoms with Crippen molar-refractivity contribution < 1.29 is 4.79 Å². The molecule has 0 bridgehead atoms. The SMILES string of the molecule is CNC(=O)c1ccnc(Nc2cnc(N)c(NCc3ccc4ncccc4c3)n2)c1. The van der Waals surface area contributed by atoms with E-state index in [0.717, 1.165) is 16.5 Å². The lowest BCUT2D eigenvalue weighted by Crippen LogP contribution is -2.18. The van der Waals surface area contributed by atoms with E-state index in [4.69, 9.17) is 5.73 Å². The van der Waals surface area contributed by atoms with E-state index < -0.39 is 0 Å². The standard InChI is InChI=1S/C21H20N8O/c1-23-21(30)15-6-8-25-17(10-15)28-18-12-26-19(22)20(29-18)27-11-13-4-5-16-14(9-13)3-2-7-24-16/h2-10,12H,11H2,1H3,(H2,22,26)(H,23,30)(H2,25,27,28,29). The number of amides is 1. The van der Waals surface area contributed by atoms with Crippen molar-refractivity contribution in [2.75, 3.05) is 23.4 Å². The van der Waals surface area contributed by atoms with Gasteiger partial charge in [0.15, 0.2) is 17.5 Å². The maximum absolute atomic E-state index is 11.8. The minimum Gasteiger partial charge on any atom is -0.381 e. The van der Waals surface area contributed by atoms with Crippen LogP contribution in [0.15, 0.2) is 61.1 Å². The predicted octanol–water partition coefficient (Wildman–Crippen LogP) is 2.72. The first-order chi connectivity index (χ1) is 14.6. The summed E-state index contributed by atoms with van der Waals surface area (Å²) in [6.45, 7) is 0.525. The number of pyridine rings is 2. The molecule has 0 unspecified atom stereocenters. The van der Waals surface area contributed by atoms with Crippen LogP contribution in [0, 0.1) is 0 Å². The molecule has 0 atom stereocenters. The van der Waals surface area contributed by atoms with Crippen LogP contribution < -0.4 is 21.7 Å². The topological polar surface area (TPSA) is 131 Å². The minimum absolute atomic E-state index is 0.197. The number of fused-ring (bicyclic) bond motifs is 1. The van der Waals surface area contributed by atoms with Gasteiger partial charge in [-0.05, 0) is 35.9 Å². The second-order valence-electron chi connectivity index (χ2n) is 6.51. The number of hydrogen-bond donors (Lipinski definition) is 4. The van der Waals surface area contributed by atoms with E-state index in [1.165, 1.54) is 6.20 Å². The molecule has 30 heavy (non-hydrogen) atoms. The number of aromatic nitrogens is 4.